The van der Waals surface area contributed by atoms with Crippen LogP contribution in [0.1, 0.15) is 140 Å². The van der Waals surface area contributed by atoms with Crippen LogP contribution in [-0.4, -0.2) is 226 Å². The molecule has 8 heterocycles. The van der Waals surface area contributed by atoms with Crippen LogP contribution in [0.4, 0.5) is 0 Å². The molecule has 0 saturated carbocycles. The van der Waals surface area contributed by atoms with E-state index in [1.807, 2.05) is 84.9 Å². The number of carbonyl (C=O) groups excluding carboxylic acids is 9. The number of amides is 8. The van der Waals surface area contributed by atoms with Gasteiger partial charge in [-0.1, -0.05) is 161 Å². The maximum absolute atomic E-state index is 15.6. The van der Waals surface area contributed by atoms with E-state index in [2.05, 4.69) is 63.2 Å². The molecule has 6 aliphatic heterocycles. The lowest BCUT2D eigenvalue weighted by atomic mass is 9.85. The van der Waals surface area contributed by atoms with Crippen molar-refractivity contribution in [3.63, 3.8) is 0 Å². The summed E-state index contributed by atoms with van der Waals surface area (Å²) in [6, 6.07) is 27.4. The molecule has 8 aromatic rings. The van der Waals surface area contributed by atoms with E-state index in [0.717, 1.165) is 21.5 Å². The van der Waals surface area contributed by atoms with Gasteiger partial charge in [0.25, 0.3) is 0 Å². The summed E-state index contributed by atoms with van der Waals surface area (Å²) < 4.78 is 15.5. The number of hydrogen-bond donors (Lipinski definition) is 12. The maximum atomic E-state index is 15.6. The standard InChI is InChI=1S/C88H110N16O17/c1-50(89-9)78(110)95-76(87(3,4)5)84(116)101-46-63-40-72(101)82(114)92-69(37-54-19-25-56-15-11-13-17-58(56)34-54)74(107)39-60(80(112)91-32-31-65(105)42-66(106)43-75(108)109)33-52-21-27-67(28-22-52)120-48-61-45-104(100-97-61)64-41-73(102(47-64)85(117)77(88(6,7)8)96-79(111)51(2)90-10)83(115)93-70(38-55-20-26-57-16-12-14-18-59(57)35-55)81(113)94-71(86(118)119)36-53-23-29-68(30-24-53)121-49-62-44-103(63)99-98-62/h11-30,34-35,44-45,50-51,60,63-66,69-73,76-77,89-90,105-106H,31-33,36-43,46-49H2,1-10H3,(H,91,112)(H,92,114)(H,93,115)(H,94,113)(H,95,110)(H,96,111)(H,108,109)(H,118,119)/t50-,51-,60+,63-,64-,65+,66+,69-,70-,71-,72-,73-,76+,77+/m0/s1. The number of carboxylic acids is 2. The third-order valence-corrected chi connectivity index (χ3v) is 22.6. The Morgan fingerprint density at radius 2 is 0.992 bits per heavy atom. The number of aliphatic hydroxyl groups is 2. The molecule has 2 saturated heterocycles. The maximum Gasteiger partial charge on any atom is 0.326 e. The molecule has 12 bridgehead atoms. The van der Waals surface area contributed by atoms with Crippen LogP contribution in [0.2, 0.25) is 0 Å². The van der Waals surface area contributed by atoms with E-state index in [-0.39, 0.29) is 84.2 Å². The number of rotatable bonds is 21. The quantitative estimate of drug-likeness (QED) is 0.0474. The predicted molar refractivity (Wildman–Crippen MR) is 445 cm³/mol. The number of carbonyl (C=O) groups is 11. The topological polar surface area (TPSA) is 451 Å². The number of benzene rings is 6. The lowest BCUT2D eigenvalue weighted by Crippen LogP contribution is -2.60. The van der Waals surface area contributed by atoms with E-state index in [1.165, 1.54) is 19.2 Å². The fraction of sp³-hybridized carbons (Fsp3) is 0.466. The minimum atomic E-state index is -1.53. The van der Waals surface area contributed by atoms with Gasteiger partial charge >= 0.3 is 11.9 Å². The minimum absolute atomic E-state index is 0.0556. The summed E-state index contributed by atoms with van der Waals surface area (Å²) in [5.74, 6) is -8.70. The molecule has 6 aliphatic rings. The Bertz CT molecular complexity index is 5040. The lowest BCUT2D eigenvalue weighted by molar-refractivity contribution is -0.145. The Kier molecular flexibility index (Phi) is 29.6. The predicted octanol–water partition coefficient (Wildman–Crippen LogP) is 4.39. The number of fused-ring (bicyclic) bond motifs is 2. The van der Waals surface area contributed by atoms with E-state index in [9.17, 15) is 49.2 Å². The van der Waals surface area contributed by atoms with Crippen molar-refractivity contribution in [1.82, 2.24) is 82.3 Å². The Morgan fingerprint density at radius 3 is 1.44 bits per heavy atom. The number of aliphatic carboxylic acids is 2. The van der Waals surface area contributed by atoms with Gasteiger partial charge in [0.05, 0.1) is 61.2 Å². The van der Waals surface area contributed by atoms with Crippen molar-refractivity contribution in [2.24, 2.45) is 16.7 Å². The molecule has 0 spiro atoms. The molecule has 0 radical (unpaired) electrons. The summed E-state index contributed by atoms with van der Waals surface area (Å²) in [5.41, 5.74) is 1.15. The number of Topliss-reactive ketones (excluding diaryl/α,β-unsaturated/α-hetero) is 1. The number of aliphatic hydroxyl groups excluding tert-OH is 2. The van der Waals surface area contributed by atoms with Gasteiger partial charge in [-0.25, -0.2) is 14.2 Å². The van der Waals surface area contributed by atoms with E-state index in [0.29, 0.717) is 45.1 Å². The number of nitrogens with one attached hydrogen (secondary N) is 8. The molecular weight excluding hydrogens is 1550 g/mol. The Hall–Kier alpha value is -12.1. The monoisotopic (exact) mass is 1660 g/mol. The van der Waals surface area contributed by atoms with Gasteiger partial charge in [0.1, 0.15) is 72.4 Å². The molecule has 8 amide bonds. The van der Waals surface area contributed by atoms with Crippen molar-refractivity contribution >= 4 is 86.5 Å². The first-order valence-electron chi connectivity index (χ1n) is 40.9. The van der Waals surface area contributed by atoms with Crippen molar-refractivity contribution in [2.75, 3.05) is 33.7 Å². The van der Waals surface area contributed by atoms with Gasteiger partial charge in [-0.15, -0.1) is 10.2 Å². The molecule has 121 heavy (non-hydrogen) atoms. The number of nitrogens with zero attached hydrogens (tertiary/aromatic N) is 8. The van der Waals surface area contributed by atoms with E-state index in [4.69, 9.17) is 9.47 Å². The molecule has 0 aliphatic carbocycles. The Labute approximate surface area is 701 Å². The summed E-state index contributed by atoms with van der Waals surface area (Å²) in [7, 11) is 3.21. The number of likely N-dealkylation sites (tertiary alicyclic amines) is 2. The van der Waals surface area contributed by atoms with E-state index >= 15 is 24.0 Å². The summed E-state index contributed by atoms with van der Waals surface area (Å²) in [4.78, 5) is 162. The fourth-order valence-corrected chi connectivity index (χ4v) is 15.3. The number of hydrogen-bond acceptors (Lipinski definition) is 21. The first-order chi connectivity index (χ1) is 57.6. The zero-order valence-corrected chi connectivity index (χ0v) is 69.7. The molecule has 33 nitrogen and oxygen atoms in total. The largest absolute Gasteiger partial charge is 0.487 e. The van der Waals surface area contributed by atoms with Gasteiger partial charge in [-0.05, 0) is 133 Å². The van der Waals surface area contributed by atoms with Gasteiger partial charge in [-0.3, -0.25) is 47.9 Å². The fourth-order valence-electron chi connectivity index (χ4n) is 15.3. The second kappa shape index (κ2) is 39.9. The molecule has 33 heteroatoms. The molecule has 0 unspecified atom stereocenters. The highest BCUT2D eigenvalue weighted by molar-refractivity contribution is 5.99. The molecular formula is C88H110N16O17. The minimum Gasteiger partial charge on any atom is -0.487 e. The van der Waals surface area contributed by atoms with Crippen LogP contribution < -0.4 is 52.0 Å². The smallest absolute Gasteiger partial charge is 0.326 e. The van der Waals surface area contributed by atoms with Gasteiger partial charge in [0, 0.05) is 57.7 Å². The molecule has 6 aromatic carbocycles. The zero-order chi connectivity index (χ0) is 87.1. The van der Waals surface area contributed by atoms with Crippen LogP contribution in [0.15, 0.2) is 146 Å². The number of aromatic nitrogens is 6. The lowest BCUT2D eigenvalue weighted by Gasteiger charge is -2.36. The summed E-state index contributed by atoms with van der Waals surface area (Å²) in [6.07, 6.45) is -1.39. The first-order valence-corrected chi connectivity index (χ1v) is 40.9. The van der Waals surface area contributed by atoms with E-state index < -0.39 is 173 Å². The second-order valence-corrected chi connectivity index (χ2v) is 34.0. The average molecular weight is 1660 g/mol. The molecule has 644 valence electrons. The van der Waals surface area contributed by atoms with Crippen LogP contribution in [0.3, 0.4) is 0 Å². The van der Waals surface area contributed by atoms with Gasteiger partial charge < -0.3 is 82.2 Å². The summed E-state index contributed by atoms with van der Waals surface area (Å²) in [5, 5.41) is 85.6. The zero-order valence-electron chi connectivity index (χ0n) is 69.7. The number of ether oxygens (including phenoxy) is 2. The van der Waals surface area contributed by atoms with Crippen molar-refractivity contribution in [2.45, 2.75) is 211 Å². The highest BCUT2D eigenvalue weighted by atomic mass is 16.5. The molecule has 2 fully saturated rings. The van der Waals surface area contributed by atoms with Crippen LogP contribution in [0.25, 0.3) is 21.5 Å². The second-order valence-electron chi connectivity index (χ2n) is 34.0. The van der Waals surface area contributed by atoms with Crippen LogP contribution >= 0.6 is 0 Å². The van der Waals surface area contributed by atoms with Crippen molar-refractivity contribution in [3.8, 4) is 11.5 Å². The van der Waals surface area contributed by atoms with Crippen molar-refractivity contribution in [3.05, 3.63) is 179 Å². The molecule has 12 N–H and O–H groups in total. The summed E-state index contributed by atoms with van der Waals surface area (Å²) in [6.45, 7) is 13.3. The molecule has 14 atom stereocenters. The molecule has 14 rings (SSSR count). The van der Waals surface area contributed by atoms with Crippen LogP contribution in [0, 0.1) is 16.7 Å². The molecule has 2 aromatic heterocycles. The Morgan fingerprint density at radius 1 is 0.545 bits per heavy atom. The normalized spacial score (nSPS) is 21.3. The number of ketones is 1. The van der Waals surface area contributed by atoms with Gasteiger partial charge in [0.2, 0.25) is 47.3 Å². The van der Waals surface area contributed by atoms with Crippen molar-refractivity contribution < 1.29 is 82.6 Å². The number of carboxylic acid groups (broad SMARTS) is 2. The third-order valence-electron chi connectivity index (χ3n) is 22.6. The van der Waals surface area contributed by atoms with Crippen LogP contribution in [0.5, 0.6) is 11.5 Å². The summed E-state index contributed by atoms with van der Waals surface area (Å²) >= 11 is 0. The highest BCUT2D eigenvalue weighted by Crippen LogP contribution is 2.35. The van der Waals surface area contributed by atoms with Crippen molar-refractivity contribution in [1.29, 1.82) is 0 Å². The van der Waals surface area contributed by atoms with E-state index in [1.54, 1.807) is 130 Å². The van der Waals surface area contributed by atoms with Gasteiger partial charge in [0.15, 0.2) is 5.78 Å². The number of likely N-dealkylation sites (N-methyl/N-ethyl adjacent to an activating group) is 2. The average Bonchev–Trinajstić information content (AvgIpc) is 1.66. The van der Waals surface area contributed by atoms with Crippen LogP contribution in [-0.2, 0) is 91.6 Å². The third kappa shape index (κ3) is 23.7. The first kappa shape index (κ1) is 89.7. The highest BCUT2D eigenvalue weighted by Gasteiger charge is 2.49. The SMILES string of the molecule is CN[C@@H](C)C(=O)N[C@H](C(=O)N1C[C@@H]2C[C@H]1C(=O)N[C@@H](Cc1ccc3ccccc3c1)C(=O)C[C@H](C(=O)NCC[C@@H](O)C[C@@H](O)CC(=O)O)Cc1ccc(cc1)OCc1cn(nn1)[C@H]1C[C@@H](C(=O)N[C@@H](Cc3ccc4ccccc4c3)C(=O)N[C@H](C(=O)O)Cc3ccc(cc3)OCc3cn2nn3)N(C(=O)[C@@H](NC(=O)[C@H](C)NC)C(C)(C)C)C1)C(C)(C)C. The Balaban J connectivity index is 0.946. The van der Waals surface area contributed by atoms with Gasteiger partial charge in [-0.2, -0.15) is 0 Å².